The summed E-state index contributed by atoms with van der Waals surface area (Å²) in [6.45, 7) is 3.26. The molecule has 94 valence electrons. The molecule has 1 aromatic carbocycles. The molecule has 0 heterocycles. The second-order valence-electron chi connectivity index (χ2n) is 5.36. The lowest BCUT2D eigenvalue weighted by Gasteiger charge is -2.42. The molecule has 0 aliphatic heterocycles. The molecular formula is C15H23NO. The number of hydrogen-bond acceptors (Lipinski definition) is 2. The van der Waals surface area contributed by atoms with E-state index in [9.17, 15) is 0 Å². The average molecular weight is 233 g/mol. The molecule has 1 fully saturated rings. The lowest BCUT2D eigenvalue weighted by Crippen LogP contribution is -2.40. The number of aryl methyl sites for hydroxylation is 1. The van der Waals surface area contributed by atoms with Crippen LogP contribution in [-0.2, 0) is 6.42 Å². The van der Waals surface area contributed by atoms with Gasteiger partial charge in [0.2, 0.25) is 0 Å². The van der Waals surface area contributed by atoms with Gasteiger partial charge in [-0.2, -0.15) is 0 Å². The van der Waals surface area contributed by atoms with E-state index < -0.39 is 0 Å². The van der Waals surface area contributed by atoms with Gasteiger partial charge in [0.15, 0.2) is 0 Å². The van der Waals surface area contributed by atoms with Crippen LogP contribution >= 0.6 is 0 Å². The quantitative estimate of drug-likeness (QED) is 0.844. The topological polar surface area (TPSA) is 21.3 Å². The fraction of sp³-hybridized carbons (Fsp3) is 0.600. The summed E-state index contributed by atoms with van der Waals surface area (Å²) in [5.74, 6) is 0.991. The highest BCUT2D eigenvalue weighted by Gasteiger charge is 2.36. The molecule has 1 aliphatic carbocycles. The van der Waals surface area contributed by atoms with Gasteiger partial charge in [-0.05, 0) is 55.8 Å². The van der Waals surface area contributed by atoms with Crippen molar-refractivity contribution >= 4 is 0 Å². The predicted molar refractivity (Wildman–Crippen MR) is 71.6 cm³/mol. The van der Waals surface area contributed by atoms with Crippen LogP contribution in [0.2, 0.25) is 0 Å². The Labute approximate surface area is 104 Å². The normalized spacial score (nSPS) is 17.6. The van der Waals surface area contributed by atoms with Crippen molar-refractivity contribution < 1.29 is 4.74 Å². The van der Waals surface area contributed by atoms with E-state index in [0.717, 1.165) is 12.3 Å². The van der Waals surface area contributed by atoms with Crippen LogP contribution in [0.4, 0.5) is 0 Å². The number of nitrogens with one attached hydrogen (secondary N) is 1. The molecule has 0 bridgehead atoms. The van der Waals surface area contributed by atoms with Crippen molar-refractivity contribution in [3.63, 3.8) is 0 Å². The zero-order chi connectivity index (χ0) is 12.3. The zero-order valence-electron chi connectivity index (χ0n) is 11.2. The Morgan fingerprint density at radius 2 is 2.12 bits per heavy atom. The average Bonchev–Trinajstić information content (AvgIpc) is 2.26. The summed E-state index contributed by atoms with van der Waals surface area (Å²) >= 11 is 0. The number of ether oxygens (including phenoxy) is 1. The van der Waals surface area contributed by atoms with Crippen LogP contribution in [0.15, 0.2) is 18.2 Å². The third kappa shape index (κ3) is 2.63. The Balaban J connectivity index is 2.10. The third-order valence-corrected chi connectivity index (χ3v) is 4.00. The first-order chi connectivity index (χ1) is 8.19. The highest BCUT2D eigenvalue weighted by atomic mass is 16.5. The van der Waals surface area contributed by atoms with Crippen LogP contribution in [-0.4, -0.2) is 20.7 Å². The van der Waals surface area contributed by atoms with E-state index >= 15 is 0 Å². The van der Waals surface area contributed by atoms with Gasteiger partial charge in [-0.15, -0.1) is 0 Å². The predicted octanol–water partition coefficient (Wildman–Crippen LogP) is 2.94. The Morgan fingerprint density at radius 3 is 2.59 bits per heavy atom. The molecule has 2 nitrogen and oxygen atoms in total. The summed E-state index contributed by atoms with van der Waals surface area (Å²) in [6.07, 6.45) is 5.30. The van der Waals surface area contributed by atoms with Crippen LogP contribution < -0.4 is 10.1 Å². The minimum atomic E-state index is 0.510. The van der Waals surface area contributed by atoms with Crippen LogP contribution in [0.5, 0.6) is 5.75 Å². The molecule has 0 unspecified atom stereocenters. The molecule has 0 atom stereocenters. The number of methoxy groups -OCH3 is 1. The molecule has 0 radical (unpaired) electrons. The Bertz CT molecular complexity index is 383. The van der Waals surface area contributed by atoms with E-state index in [1.54, 1.807) is 7.11 Å². The number of benzene rings is 1. The molecule has 2 rings (SSSR count). The molecule has 1 aliphatic rings. The lowest BCUT2D eigenvalue weighted by atomic mass is 9.65. The van der Waals surface area contributed by atoms with Gasteiger partial charge < -0.3 is 10.1 Å². The number of rotatable bonds is 5. The Hall–Kier alpha value is -1.02. The van der Waals surface area contributed by atoms with Crippen molar-refractivity contribution in [2.24, 2.45) is 5.41 Å². The van der Waals surface area contributed by atoms with Crippen molar-refractivity contribution in [2.75, 3.05) is 20.7 Å². The van der Waals surface area contributed by atoms with Gasteiger partial charge in [-0.3, -0.25) is 0 Å². The maximum Gasteiger partial charge on any atom is 0.121 e. The first-order valence-electron chi connectivity index (χ1n) is 6.47. The van der Waals surface area contributed by atoms with Gasteiger partial charge in [-0.1, -0.05) is 18.6 Å². The number of hydrogen-bond donors (Lipinski definition) is 1. The monoisotopic (exact) mass is 233 g/mol. The second-order valence-corrected chi connectivity index (χ2v) is 5.36. The van der Waals surface area contributed by atoms with Crippen LogP contribution in [0.25, 0.3) is 0 Å². The molecule has 0 amide bonds. The van der Waals surface area contributed by atoms with Gasteiger partial charge >= 0.3 is 0 Å². The molecule has 17 heavy (non-hydrogen) atoms. The fourth-order valence-corrected chi connectivity index (χ4v) is 2.95. The molecule has 0 saturated heterocycles. The van der Waals surface area contributed by atoms with Crippen molar-refractivity contribution in [3.8, 4) is 5.75 Å². The van der Waals surface area contributed by atoms with Gasteiger partial charge in [0.05, 0.1) is 7.11 Å². The van der Waals surface area contributed by atoms with E-state index in [2.05, 4.69) is 37.5 Å². The second kappa shape index (κ2) is 5.09. The molecule has 1 saturated carbocycles. The van der Waals surface area contributed by atoms with Crippen LogP contribution in [0.1, 0.15) is 30.4 Å². The first-order valence-corrected chi connectivity index (χ1v) is 6.47. The van der Waals surface area contributed by atoms with Crippen molar-refractivity contribution in [3.05, 3.63) is 29.3 Å². The SMILES string of the molecule is CNCC1(Cc2ccc(OC)c(C)c2)CCC1. The van der Waals surface area contributed by atoms with Gasteiger partial charge in [0, 0.05) is 6.54 Å². The van der Waals surface area contributed by atoms with Crippen molar-refractivity contribution in [2.45, 2.75) is 32.6 Å². The maximum atomic E-state index is 5.31. The largest absolute Gasteiger partial charge is 0.496 e. The Morgan fingerprint density at radius 1 is 1.35 bits per heavy atom. The van der Waals surface area contributed by atoms with E-state index in [-0.39, 0.29) is 0 Å². The lowest BCUT2D eigenvalue weighted by molar-refractivity contribution is 0.133. The van der Waals surface area contributed by atoms with E-state index in [1.165, 1.54) is 36.8 Å². The van der Waals surface area contributed by atoms with Gasteiger partial charge in [0.1, 0.15) is 5.75 Å². The summed E-state index contributed by atoms with van der Waals surface area (Å²) < 4.78 is 5.31. The molecular weight excluding hydrogens is 210 g/mol. The molecule has 1 aromatic rings. The summed E-state index contributed by atoms with van der Waals surface area (Å²) in [6, 6.07) is 6.58. The standard InChI is InChI=1S/C15H23NO/c1-12-9-13(5-6-14(12)17-3)10-15(11-16-2)7-4-8-15/h5-6,9,16H,4,7-8,10-11H2,1-3H3. The fourth-order valence-electron chi connectivity index (χ4n) is 2.95. The van der Waals surface area contributed by atoms with Crippen molar-refractivity contribution in [1.29, 1.82) is 0 Å². The minimum Gasteiger partial charge on any atom is -0.496 e. The maximum absolute atomic E-state index is 5.31. The summed E-state index contributed by atoms with van der Waals surface area (Å²) in [5, 5.41) is 3.34. The zero-order valence-corrected chi connectivity index (χ0v) is 11.2. The Kier molecular flexibility index (Phi) is 3.72. The smallest absolute Gasteiger partial charge is 0.121 e. The van der Waals surface area contributed by atoms with Crippen LogP contribution in [0, 0.1) is 12.3 Å². The van der Waals surface area contributed by atoms with Crippen molar-refractivity contribution in [1.82, 2.24) is 5.32 Å². The molecule has 0 aromatic heterocycles. The molecule has 0 spiro atoms. The van der Waals surface area contributed by atoms with Gasteiger partial charge in [-0.25, -0.2) is 0 Å². The van der Waals surface area contributed by atoms with E-state index in [4.69, 9.17) is 4.74 Å². The summed E-state index contributed by atoms with van der Waals surface area (Å²) in [4.78, 5) is 0. The summed E-state index contributed by atoms with van der Waals surface area (Å²) in [7, 11) is 3.79. The summed E-state index contributed by atoms with van der Waals surface area (Å²) in [5.41, 5.74) is 3.19. The third-order valence-electron chi connectivity index (χ3n) is 4.00. The highest BCUT2D eigenvalue weighted by Crippen LogP contribution is 2.43. The van der Waals surface area contributed by atoms with Crippen LogP contribution in [0.3, 0.4) is 0 Å². The molecule has 2 heteroatoms. The van der Waals surface area contributed by atoms with E-state index in [1.807, 2.05) is 0 Å². The van der Waals surface area contributed by atoms with Gasteiger partial charge in [0.25, 0.3) is 0 Å². The van der Waals surface area contributed by atoms with E-state index in [0.29, 0.717) is 5.41 Å². The highest BCUT2D eigenvalue weighted by molar-refractivity contribution is 5.36. The first kappa shape index (κ1) is 12.4. The molecule has 1 N–H and O–H groups in total. The minimum absolute atomic E-state index is 0.510.